The van der Waals surface area contributed by atoms with Crippen LogP contribution in [0.15, 0.2) is 29.3 Å². The normalized spacial score (nSPS) is 15.2. The number of Topliss-reactive ketones (excluding diaryl/α,β-unsaturated/α-hetero) is 1. The highest BCUT2D eigenvalue weighted by molar-refractivity contribution is 6.41. The molecule has 272 valence electrons. The van der Waals surface area contributed by atoms with Crippen molar-refractivity contribution < 1.29 is 9.59 Å². The van der Waals surface area contributed by atoms with Crippen LogP contribution in [0, 0.1) is 5.41 Å². The number of allylic oxidation sites excluding steroid dienone is 4. The molecule has 0 spiro atoms. The van der Waals surface area contributed by atoms with Crippen LogP contribution in [0.5, 0.6) is 0 Å². The first-order chi connectivity index (χ1) is 23.0. The second-order valence-electron chi connectivity index (χ2n) is 14.5. The van der Waals surface area contributed by atoms with Gasteiger partial charge in [0.05, 0.1) is 12.0 Å². The molecule has 2 atom stereocenters. The molecule has 1 rings (SSSR count). The summed E-state index contributed by atoms with van der Waals surface area (Å²) in [4.78, 5) is 30.9. The zero-order valence-electron chi connectivity index (χ0n) is 31.7. The number of nitrogens with zero attached hydrogens (tertiary/aromatic N) is 1. The third-order valence-electron chi connectivity index (χ3n) is 10.1. The summed E-state index contributed by atoms with van der Waals surface area (Å²) in [5, 5.41) is 6.39. The van der Waals surface area contributed by atoms with Gasteiger partial charge in [-0.3, -0.25) is 14.6 Å². The molecule has 1 amide bonds. The minimum absolute atomic E-state index is 0.0569. The molecule has 1 aliphatic rings. The van der Waals surface area contributed by atoms with E-state index >= 15 is 0 Å². The first-order valence-corrected chi connectivity index (χ1v) is 20.4. The fourth-order valence-electron chi connectivity index (χ4n) is 6.56. The number of rotatable bonds is 33. The van der Waals surface area contributed by atoms with Gasteiger partial charge in [-0.25, -0.2) is 0 Å². The molecule has 0 aromatic rings. The lowest BCUT2D eigenvalue weighted by Crippen LogP contribution is -2.52. The van der Waals surface area contributed by atoms with Gasteiger partial charge in [0.1, 0.15) is 0 Å². The van der Waals surface area contributed by atoms with Crippen molar-refractivity contribution in [3.8, 4) is 0 Å². The van der Waals surface area contributed by atoms with Gasteiger partial charge in [0.25, 0.3) is 0 Å². The summed E-state index contributed by atoms with van der Waals surface area (Å²) in [5.74, 6) is 0.631. The van der Waals surface area contributed by atoms with E-state index in [-0.39, 0.29) is 17.7 Å². The minimum Gasteiger partial charge on any atom is -0.366 e. The summed E-state index contributed by atoms with van der Waals surface area (Å²) in [6.07, 6.45) is 42.0. The number of ketones is 1. The van der Waals surface area contributed by atoms with Crippen molar-refractivity contribution in [2.45, 2.75) is 207 Å². The molecule has 1 aliphatic heterocycles. The van der Waals surface area contributed by atoms with Gasteiger partial charge in [-0.2, -0.15) is 0 Å². The minimum atomic E-state index is -0.647. The summed E-state index contributed by atoms with van der Waals surface area (Å²) < 4.78 is 0. The fraction of sp³-hybridized carbons (Fsp3) is 0.833. The Kier molecular flexibility index (Phi) is 27.7. The Labute approximate surface area is 292 Å². The van der Waals surface area contributed by atoms with Gasteiger partial charge in [-0.15, -0.1) is 0 Å². The van der Waals surface area contributed by atoms with Crippen molar-refractivity contribution in [2.24, 2.45) is 10.4 Å². The summed E-state index contributed by atoms with van der Waals surface area (Å²) in [5.41, 5.74) is -0.647. The Morgan fingerprint density at radius 3 is 1.55 bits per heavy atom. The van der Waals surface area contributed by atoms with Crippen molar-refractivity contribution >= 4 is 17.5 Å². The zero-order chi connectivity index (χ0) is 34.3. The van der Waals surface area contributed by atoms with Crippen LogP contribution in [0.1, 0.15) is 201 Å². The van der Waals surface area contributed by atoms with Gasteiger partial charge in [0, 0.05) is 19.0 Å². The Balaban J connectivity index is 2.26. The van der Waals surface area contributed by atoms with Crippen LogP contribution in [-0.2, 0) is 9.59 Å². The molecule has 47 heavy (non-hydrogen) atoms. The van der Waals surface area contributed by atoms with E-state index in [4.69, 9.17) is 0 Å². The van der Waals surface area contributed by atoms with Crippen molar-refractivity contribution in [3.05, 3.63) is 24.3 Å². The van der Waals surface area contributed by atoms with Crippen LogP contribution in [0.25, 0.3) is 0 Å². The zero-order valence-corrected chi connectivity index (χ0v) is 31.7. The van der Waals surface area contributed by atoms with Gasteiger partial charge >= 0.3 is 0 Å². The number of aliphatic imine (C=N–C) groups is 1. The predicted octanol–water partition coefficient (Wildman–Crippen LogP) is 11.8. The van der Waals surface area contributed by atoms with Crippen molar-refractivity contribution in [1.29, 1.82) is 0 Å². The quantitative estimate of drug-likeness (QED) is 0.0546. The number of unbranched alkanes of at least 4 members (excludes halogenated alkanes) is 21. The van der Waals surface area contributed by atoms with E-state index in [1.807, 2.05) is 13.8 Å². The highest BCUT2D eigenvalue weighted by atomic mass is 16.2. The molecule has 0 saturated carbocycles. The molecule has 2 N–H and O–H groups in total. The molecule has 0 radical (unpaired) electrons. The van der Waals surface area contributed by atoms with E-state index in [9.17, 15) is 9.59 Å². The lowest BCUT2D eigenvalue weighted by atomic mass is 9.74. The van der Waals surface area contributed by atoms with Gasteiger partial charge < -0.3 is 10.6 Å². The van der Waals surface area contributed by atoms with E-state index in [1.54, 1.807) is 0 Å². The maximum absolute atomic E-state index is 13.6. The number of amidine groups is 1. The molecule has 0 bridgehead atoms. The third-order valence-corrected chi connectivity index (χ3v) is 10.1. The van der Waals surface area contributed by atoms with E-state index in [2.05, 4.69) is 53.8 Å². The van der Waals surface area contributed by atoms with E-state index in [0.29, 0.717) is 18.8 Å². The molecular weight excluding hydrogens is 578 g/mol. The largest absolute Gasteiger partial charge is 0.366 e. The lowest BCUT2D eigenvalue weighted by molar-refractivity contribution is -0.126. The molecule has 0 aromatic carbocycles. The second-order valence-corrected chi connectivity index (χ2v) is 14.5. The van der Waals surface area contributed by atoms with Crippen LogP contribution in [0.3, 0.4) is 0 Å². The highest BCUT2D eigenvalue weighted by Gasteiger charge is 2.41. The maximum atomic E-state index is 13.6. The van der Waals surface area contributed by atoms with Crippen molar-refractivity contribution in [3.63, 3.8) is 0 Å². The monoisotopic (exact) mass is 656 g/mol. The number of nitrogens with one attached hydrogen (secondary N) is 2. The molecule has 5 nitrogen and oxygen atoms in total. The van der Waals surface area contributed by atoms with E-state index in [1.165, 1.54) is 128 Å². The standard InChI is InChI=1S/C42H77N3O2/c1-5-7-9-11-13-15-17-19-21-22-24-26-28-30-32-34-39(46)45-38(3)42(4,40(47)41-43-36-37-44-41)35-33-31-29-27-25-23-20-18-16-14-12-10-8-6-2/h19-21,23,38H,5-18,22,24-37H2,1-4H3,(H,43,44)(H,45,46)/b21-19-,23-20-. The molecule has 1 heterocycles. The molecule has 0 saturated heterocycles. The number of carbonyl (C=O) groups excluding carboxylic acids is 2. The average Bonchev–Trinajstić information content (AvgIpc) is 3.61. The van der Waals surface area contributed by atoms with Gasteiger partial charge in [0.15, 0.2) is 5.84 Å². The van der Waals surface area contributed by atoms with Gasteiger partial charge in [-0.05, 0) is 71.1 Å². The van der Waals surface area contributed by atoms with Crippen LogP contribution >= 0.6 is 0 Å². The van der Waals surface area contributed by atoms with E-state index < -0.39 is 5.41 Å². The third kappa shape index (κ3) is 22.4. The topological polar surface area (TPSA) is 70.6 Å². The molecule has 5 heteroatoms. The first-order valence-electron chi connectivity index (χ1n) is 20.4. The summed E-state index contributed by atoms with van der Waals surface area (Å²) in [6, 6.07) is -0.222. The highest BCUT2D eigenvalue weighted by Crippen LogP contribution is 2.31. The maximum Gasteiger partial charge on any atom is 0.220 e. The molecule has 0 fully saturated rings. The Hall–Kier alpha value is -1.91. The molecule has 0 aromatic heterocycles. The average molecular weight is 656 g/mol. The van der Waals surface area contributed by atoms with Crippen molar-refractivity contribution in [2.75, 3.05) is 13.1 Å². The van der Waals surface area contributed by atoms with Crippen molar-refractivity contribution in [1.82, 2.24) is 10.6 Å². The molecule has 2 unspecified atom stereocenters. The number of hydrogen-bond donors (Lipinski definition) is 2. The number of carbonyl (C=O) groups is 2. The SMILES string of the molecule is CCCCCCCC/C=C\CCCCCCCC(=O)NC(C)C(C)(CCCCCC/C=C\CCCCCCCC)C(=O)C1=NCCN1. The van der Waals surface area contributed by atoms with Crippen LogP contribution in [0.4, 0.5) is 0 Å². The summed E-state index contributed by atoms with van der Waals surface area (Å²) >= 11 is 0. The Morgan fingerprint density at radius 1 is 0.681 bits per heavy atom. The van der Waals surface area contributed by atoms with Gasteiger partial charge in [0.2, 0.25) is 11.7 Å². The Morgan fingerprint density at radius 2 is 1.11 bits per heavy atom. The summed E-state index contributed by atoms with van der Waals surface area (Å²) in [6.45, 7) is 9.97. The first kappa shape index (κ1) is 43.1. The smallest absolute Gasteiger partial charge is 0.220 e. The van der Waals surface area contributed by atoms with Crippen LogP contribution in [0.2, 0.25) is 0 Å². The Bertz CT molecular complexity index is 864. The fourth-order valence-corrected chi connectivity index (χ4v) is 6.56. The predicted molar refractivity (Wildman–Crippen MR) is 205 cm³/mol. The van der Waals surface area contributed by atoms with E-state index in [0.717, 1.165) is 45.1 Å². The van der Waals surface area contributed by atoms with Crippen LogP contribution in [-0.4, -0.2) is 36.7 Å². The number of amides is 1. The van der Waals surface area contributed by atoms with Crippen LogP contribution < -0.4 is 10.6 Å². The lowest BCUT2D eigenvalue weighted by Gasteiger charge is -2.35. The number of hydrogen-bond acceptors (Lipinski definition) is 4. The molecular formula is C42H77N3O2. The summed E-state index contributed by atoms with van der Waals surface area (Å²) in [7, 11) is 0. The van der Waals surface area contributed by atoms with Gasteiger partial charge in [-0.1, -0.05) is 148 Å². The second kappa shape index (κ2) is 30.2. The molecule has 0 aliphatic carbocycles.